The summed E-state index contributed by atoms with van der Waals surface area (Å²) >= 11 is 0. The second-order valence-corrected chi connectivity index (χ2v) is 6.74. The van der Waals surface area contributed by atoms with Crippen molar-refractivity contribution in [1.82, 2.24) is 20.4 Å². The van der Waals surface area contributed by atoms with Crippen molar-refractivity contribution in [1.29, 1.82) is 0 Å². The Morgan fingerprint density at radius 2 is 1.81 bits per heavy atom. The molecule has 2 saturated heterocycles. The van der Waals surface area contributed by atoms with Crippen LogP contribution in [0.3, 0.4) is 0 Å². The van der Waals surface area contributed by atoms with Crippen molar-refractivity contribution < 1.29 is 14.4 Å². The summed E-state index contributed by atoms with van der Waals surface area (Å²) in [6.07, 6.45) is 0.0221. The van der Waals surface area contributed by atoms with Gasteiger partial charge in [0.25, 0.3) is 0 Å². The molecule has 2 heterocycles. The molecule has 0 saturated carbocycles. The molecule has 0 spiro atoms. The number of rotatable bonds is 4. The molecule has 27 heavy (non-hydrogen) atoms. The van der Waals surface area contributed by atoms with Crippen molar-refractivity contribution in [3.05, 3.63) is 30.3 Å². The fourth-order valence-corrected chi connectivity index (χ4v) is 3.56. The second kappa shape index (κ2) is 8.75. The first-order chi connectivity index (χ1) is 13.1. The van der Waals surface area contributed by atoms with Crippen LogP contribution in [0.15, 0.2) is 30.3 Å². The lowest BCUT2D eigenvalue weighted by molar-refractivity contribution is -0.137. The highest BCUT2D eigenvalue weighted by Crippen LogP contribution is 2.17. The molecular weight excluding hydrogens is 346 g/mol. The molecule has 2 aliphatic rings. The summed E-state index contributed by atoms with van der Waals surface area (Å²) in [6, 6.07) is 9.08. The van der Waals surface area contributed by atoms with Gasteiger partial charge in [0.15, 0.2) is 0 Å². The SMILES string of the molecule is CCNC(=O)N1CCNC(=O)[C@H]1CC(=O)N1CCN(c2ccccc2)CC1. The number of nitrogens with one attached hydrogen (secondary N) is 2. The van der Waals surface area contributed by atoms with Gasteiger partial charge in [0.1, 0.15) is 6.04 Å². The summed E-state index contributed by atoms with van der Waals surface area (Å²) in [5.74, 6) is -0.345. The van der Waals surface area contributed by atoms with E-state index in [4.69, 9.17) is 0 Å². The van der Waals surface area contributed by atoms with Crippen LogP contribution in [0.4, 0.5) is 10.5 Å². The van der Waals surface area contributed by atoms with Gasteiger partial charge in [0.05, 0.1) is 6.42 Å². The molecule has 4 amide bonds. The normalized spacial score (nSPS) is 20.3. The van der Waals surface area contributed by atoms with Gasteiger partial charge in [0, 0.05) is 51.5 Å². The van der Waals surface area contributed by atoms with E-state index in [1.54, 1.807) is 4.90 Å². The summed E-state index contributed by atoms with van der Waals surface area (Å²) in [5, 5.41) is 5.47. The standard InChI is InChI=1S/C19H27N5O3/c1-2-20-19(27)24-9-8-21-18(26)16(24)14-17(25)23-12-10-22(11-13-23)15-6-4-3-5-7-15/h3-7,16H,2,8-14H2,1H3,(H,20,27)(H,21,26)/t16-/m1/s1. The molecule has 8 nitrogen and oxygen atoms in total. The highest BCUT2D eigenvalue weighted by molar-refractivity contribution is 5.92. The molecule has 1 atom stereocenters. The van der Waals surface area contributed by atoms with E-state index in [0.717, 1.165) is 18.8 Å². The van der Waals surface area contributed by atoms with Gasteiger partial charge in [-0.3, -0.25) is 9.59 Å². The number of carbonyl (C=O) groups excluding carboxylic acids is 3. The van der Waals surface area contributed by atoms with Gasteiger partial charge in [-0.1, -0.05) is 18.2 Å². The Kier molecular flexibility index (Phi) is 6.16. The van der Waals surface area contributed by atoms with Crippen molar-refractivity contribution in [2.45, 2.75) is 19.4 Å². The molecule has 0 aliphatic carbocycles. The minimum atomic E-state index is -0.745. The van der Waals surface area contributed by atoms with E-state index in [1.807, 2.05) is 25.1 Å². The first-order valence-electron chi connectivity index (χ1n) is 9.50. The van der Waals surface area contributed by atoms with Gasteiger partial charge in [-0.05, 0) is 19.1 Å². The molecule has 0 aromatic heterocycles. The predicted octanol–water partition coefficient (Wildman–Crippen LogP) is 0.255. The van der Waals surface area contributed by atoms with Crippen LogP contribution in [0.25, 0.3) is 0 Å². The molecule has 8 heteroatoms. The molecule has 3 rings (SSSR count). The van der Waals surface area contributed by atoms with Crippen molar-refractivity contribution in [3.63, 3.8) is 0 Å². The zero-order valence-electron chi connectivity index (χ0n) is 15.7. The Morgan fingerprint density at radius 3 is 2.48 bits per heavy atom. The zero-order valence-corrected chi connectivity index (χ0v) is 15.7. The van der Waals surface area contributed by atoms with Gasteiger partial charge < -0.3 is 25.3 Å². The van der Waals surface area contributed by atoms with Gasteiger partial charge in [-0.2, -0.15) is 0 Å². The average molecular weight is 373 g/mol. The van der Waals surface area contributed by atoms with E-state index >= 15 is 0 Å². The number of carbonyl (C=O) groups is 3. The summed E-state index contributed by atoms with van der Waals surface area (Å²) < 4.78 is 0. The maximum absolute atomic E-state index is 12.8. The van der Waals surface area contributed by atoms with Crippen LogP contribution in [0, 0.1) is 0 Å². The lowest BCUT2D eigenvalue weighted by Crippen LogP contribution is -2.61. The molecule has 2 N–H and O–H groups in total. The topological polar surface area (TPSA) is 85.0 Å². The molecule has 146 valence electrons. The van der Waals surface area contributed by atoms with Crippen molar-refractivity contribution in [2.24, 2.45) is 0 Å². The molecular formula is C19H27N5O3. The van der Waals surface area contributed by atoms with Gasteiger partial charge in [-0.15, -0.1) is 0 Å². The highest BCUT2D eigenvalue weighted by atomic mass is 16.2. The van der Waals surface area contributed by atoms with Gasteiger partial charge in [-0.25, -0.2) is 4.79 Å². The van der Waals surface area contributed by atoms with E-state index in [9.17, 15) is 14.4 Å². The third-order valence-corrected chi connectivity index (χ3v) is 5.04. The maximum Gasteiger partial charge on any atom is 0.318 e. The summed E-state index contributed by atoms with van der Waals surface area (Å²) in [7, 11) is 0. The quantitative estimate of drug-likeness (QED) is 0.793. The van der Waals surface area contributed by atoms with Crippen LogP contribution in [-0.2, 0) is 9.59 Å². The Balaban J connectivity index is 1.57. The minimum absolute atomic E-state index is 0.0221. The lowest BCUT2D eigenvalue weighted by atomic mass is 10.1. The number of hydrogen-bond acceptors (Lipinski definition) is 4. The Hall–Kier alpha value is -2.77. The third-order valence-electron chi connectivity index (χ3n) is 5.04. The van der Waals surface area contributed by atoms with Crippen molar-refractivity contribution in [3.8, 4) is 0 Å². The molecule has 0 bridgehead atoms. The fourth-order valence-electron chi connectivity index (χ4n) is 3.56. The molecule has 1 aromatic carbocycles. The Morgan fingerprint density at radius 1 is 1.11 bits per heavy atom. The average Bonchev–Trinajstić information content (AvgIpc) is 2.70. The van der Waals surface area contributed by atoms with Crippen LogP contribution in [0.1, 0.15) is 13.3 Å². The third kappa shape index (κ3) is 4.50. The van der Waals surface area contributed by atoms with Gasteiger partial charge >= 0.3 is 6.03 Å². The molecule has 2 aliphatic heterocycles. The zero-order chi connectivity index (χ0) is 19.2. The summed E-state index contributed by atoms with van der Waals surface area (Å²) in [5.41, 5.74) is 1.15. The maximum atomic E-state index is 12.8. The largest absolute Gasteiger partial charge is 0.368 e. The number of piperazine rings is 2. The lowest BCUT2D eigenvalue weighted by Gasteiger charge is -2.38. The summed E-state index contributed by atoms with van der Waals surface area (Å²) in [6.45, 7) is 5.88. The van der Waals surface area contributed by atoms with Crippen LogP contribution in [-0.4, -0.2) is 79.5 Å². The first kappa shape index (κ1) is 19.0. The van der Waals surface area contributed by atoms with E-state index in [-0.39, 0.29) is 24.3 Å². The number of benzene rings is 1. The number of nitrogens with zero attached hydrogens (tertiary/aromatic N) is 3. The van der Waals surface area contributed by atoms with Crippen molar-refractivity contribution >= 4 is 23.5 Å². The summed E-state index contributed by atoms with van der Waals surface area (Å²) in [4.78, 5) is 42.7. The van der Waals surface area contributed by atoms with Crippen LogP contribution >= 0.6 is 0 Å². The minimum Gasteiger partial charge on any atom is -0.368 e. The van der Waals surface area contributed by atoms with E-state index in [1.165, 1.54) is 4.90 Å². The van der Waals surface area contributed by atoms with E-state index < -0.39 is 6.04 Å². The second-order valence-electron chi connectivity index (χ2n) is 6.74. The van der Waals surface area contributed by atoms with Crippen molar-refractivity contribution in [2.75, 3.05) is 50.7 Å². The number of amides is 4. The van der Waals surface area contributed by atoms with E-state index in [2.05, 4.69) is 27.7 Å². The first-order valence-corrected chi connectivity index (χ1v) is 9.50. The number of hydrogen-bond donors (Lipinski definition) is 2. The Bertz CT molecular complexity index is 673. The molecule has 1 aromatic rings. The fraction of sp³-hybridized carbons (Fsp3) is 0.526. The van der Waals surface area contributed by atoms with Gasteiger partial charge in [0.2, 0.25) is 11.8 Å². The monoisotopic (exact) mass is 373 g/mol. The smallest absolute Gasteiger partial charge is 0.318 e. The van der Waals surface area contributed by atoms with Crippen LogP contribution < -0.4 is 15.5 Å². The molecule has 2 fully saturated rings. The Labute approximate surface area is 159 Å². The highest BCUT2D eigenvalue weighted by Gasteiger charge is 2.36. The predicted molar refractivity (Wildman–Crippen MR) is 102 cm³/mol. The van der Waals surface area contributed by atoms with Crippen LogP contribution in [0.5, 0.6) is 0 Å². The molecule has 0 unspecified atom stereocenters. The molecule has 0 radical (unpaired) electrons. The number of urea groups is 1. The van der Waals surface area contributed by atoms with E-state index in [0.29, 0.717) is 32.7 Å². The number of para-hydroxylation sites is 1. The van der Waals surface area contributed by atoms with Crippen LogP contribution in [0.2, 0.25) is 0 Å². The number of anilines is 1.